The highest BCUT2D eigenvalue weighted by atomic mass is 35.5. The molecule has 0 unspecified atom stereocenters. The maximum Gasteiger partial charge on any atom is 0.335 e. The Morgan fingerprint density at radius 1 is 1.11 bits per heavy atom. The van der Waals surface area contributed by atoms with Crippen LogP contribution in [-0.4, -0.2) is 42.8 Å². The Hall–Kier alpha value is -2.42. The van der Waals surface area contributed by atoms with Crippen molar-refractivity contribution in [3.8, 4) is 0 Å². The molecule has 2 aromatic rings. The molecule has 1 fully saturated rings. The van der Waals surface area contributed by atoms with Crippen molar-refractivity contribution in [3.05, 3.63) is 58.6 Å². The predicted octanol–water partition coefficient (Wildman–Crippen LogP) is 2.71. The van der Waals surface area contributed by atoms with Gasteiger partial charge in [0.15, 0.2) is 0 Å². The van der Waals surface area contributed by atoms with E-state index in [1.165, 1.54) is 40.7 Å². The molecule has 1 spiro atoms. The number of aromatic carboxylic acids is 1. The van der Waals surface area contributed by atoms with Gasteiger partial charge >= 0.3 is 5.97 Å². The normalized spacial score (nSPS) is 18.7. The number of carboxylic acids is 1. The maximum absolute atomic E-state index is 12.9. The van der Waals surface area contributed by atoms with Gasteiger partial charge in [-0.1, -0.05) is 11.6 Å². The fourth-order valence-electron chi connectivity index (χ4n) is 3.91. The summed E-state index contributed by atoms with van der Waals surface area (Å²) in [4.78, 5) is 24.2. The van der Waals surface area contributed by atoms with Gasteiger partial charge in [-0.2, -0.15) is 4.31 Å². The summed E-state index contributed by atoms with van der Waals surface area (Å²) in [6.45, 7) is 0.324. The smallest absolute Gasteiger partial charge is 0.335 e. The summed E-state index contributed by atoms with van der Waals surface area (Å²) in [5.74, 6) is -1.28. The van der Waals surface area contributed by atoms with Crippen LogP contribution in [0.25, 0.3) is 0 Å². The van der Waals surface area contributed by atoms with E-state index < -0.39 is 21.4 Å². The number of halogens is 1. The summed E-state index contributed by atoms with van der Waals surface area (Å²) in [5, 5.41) is 12.5. The zero-order chi connectivity index (χ0) is 20.1. The topological polar surface area (TPSA) is 104 Å². The third-order valence-electron chi connectivity index (χ3n) is 5.49. The van der Waals surface area contributed by atoms with Gasteiger partial charge in [-0.15, -0.1) is 0 Å². The summed E-state index contributed by atoms with van der Waals surface area (Å²) in [6, 6.07) is 10.5. The minimum Gasteiger partial charge on any atom is -0.478 e. The number of hydrogen-bond acceptors (Lipinski definition) is 4. The number of hydrogen-bond donors (Lipinski definition) is 2. The van der Waals surface area contributed by atoms with Crippen molar-refractivity contribution in [1.82, 2.24) is 4.31 Å². The van der Waals surface area contributed by atoms with Crippen molar-refractivity contribution >= 4 is 39.2 Å². The van der Waals surface area contributed by atoms with E-state index in [1.807, 2.05) is 0 Å². The number of carboxylic acid groups (broad SMARTS) is 1. The summed E-state index contributed by atoms with van der Waals surface area (Å²) >= 11 is 5.83. The first kappa shape index (κ1) is 18.9. The Bertz CT molecular complexity index is 1070. The van der Waals surface area contributed by atoms with Crippen molar-refractivity contribution in [2.45, 2.75) is 23.2 Å². The number of carbonyl (C=O) groups excluding carboxylic acids is 1. The number of amides is 1. The summed E-state index contributed by atoms with van der Waals surface area (Å²) < 4.78 is 27.1. The van der Waals surface area contributed by atoms with E-state index in [9.17, 15) is 23.1 Å². The molecule has 4 rings (SSSR count). The van der Waals surface area contributed by atoms with Crippen molar-refractivity contribution in [3.63, 3.8) is 0 Å². The second-order valence-corrected chi connectivity index (χ2v) is 9.33. The van der Waals surface area contributed by atoms with Crippen molar-refractivity contribution in [2.24, 2.45) is 0 Å². The molecule has 2 aliphatic heterocycles. The lowest BCUT2D eigenvalue weighted by atomic mass is 9.74. The Morgan fingerprint density at radius 3 is 2.36 bits per heavy atom. The average Bonchev–Trinajstić information content (AvgIpc) is 2.93. The molecule has 2 N–H and O–H groups in total. The number of nitrogens with zero attached hydrogens (tertiary/aromatic N) is 1. The zero-order valence-corrected chi connectivity index (χ0v) is 16.3. The van der Waals surface area contributed by atoms with Gasteiger partial charge in [0.05, 0.1) is 15.9 Å². The second-order valence-electron chi connectivity index (χ2n) is 6.96. The van der Waals surface area contributed by atoms with Crippen LogP contribution in [0.3, 0.4) is 0 Å². The van der Waals surface area contributed by atoms with E-state index in [0.29, 0.717) is 16.3 Å². The Labute approximate surface area is 167 Å². The largest absolute Gasteiger partial charge is 0.478 e. The Balaban J connectivity index is 1.62. The number of nitrogens with one attached hydrogen (secondary N) is 1. The van der Waals surface area contributed by atoms with Crippen LogP contribution < -0.4 is 5.32 Å². The van der Waals surface area contributed by atoms with Crippen LogP contribution in [0.1, 0.15) is 28.8 Å². The number of anilines is 1. The second kappa shape index (κ2) is 6.58. The van der Waals surface area contributed by atoms with Gasteiger partial charge in [0.1, 0.15) is 0 Å². The van der Waals surface area contributed by atoms with Gasteiger partial charge in [-0.3, -0.25) is 4.79 Å². The van der Waals surface area contributed by atoms with Crippen LogP contribution in [0, 0.1) is 0 Å². The molecule has 0 saturated carbocycles. The molecule has 0 bridgehead atoms. The Morgan fingerprint density at radius 2 is 1.75 bits per heavy atom. The fraction of sp³-hybridized carbons (Fsp3) is 0.263. The van der Waals surface area contributed by atoms with Gasteiger partial charge in [0.2, 0.25) is 15.9 Å². The van der Waals surface area contributed by atoms with Crippen LogP contribution in [-0.2, 0) is 20.2 Å². The van der Waals surface area contributed by atoms with Crippen LogP contribution in [0.15, 0.2) is 47.4 Å². The standard InChI is InChI=1S/C19H17ClN2O5S/c20-13-2-4-14(5-3-13)28(26,27)22-9-7-19(8-10-22)15-11-12(17(23)24)1-6-16(15)21-18(19)25/h1-6,11H,7-10H2,(H,21,25)(H,23,24). The molecule has 2 aromatic carbocycles. The monoisotopic (exact) mass is 420 g/mol. The highest BCUT2D eigenvalue weighted by Gasteiger charge is 2.50. The fourth-order valence-corrected chi connectivity index (χ4v) is 5.47. The molecular weight excluding hydrogens is 404 g/mol. The van der Waals surface area contributed by atoms with Gasteiger partial charge < -0.3 is 10.4 Å². The molecule has 0 aromatic heterocycles. The Kier molecular flexibility index (Phi) is 4.45. The number of sulfonamides is 1. The van der Waals surface area contributed by atoms with E-state index in [-0.39, 0.29) is 42.3 Å². The number of carbonyl (C=O) groups is 2. The van der Waals surface area contributed by atoms with Crippen LogP contribution in [0.5, 0.6) is 0 Å². The molecule has 1 saturated heterocycles. The zero-order valence-electron chi connectivity index (χ0n) is 14.7. The van der Waals surface area contributed by atoms with Crippen molar-refractivity contribution in [1.29, 1.82) is 0 Å². The summed E-state index contributed by atoms with van der Waals surface area (Å²) in [7, 11) is -3.69. The van der Waals surface area contributed by atoms with E-state index in [4.69, 9.17) is 11.6 Å². The third kappa shape index (κ3) is 2.88. The van der Waals surface area contributed by atoms with E-state index >= 15 is 0 Å². The molecule has 0 atom stereocenters. The number of benzene rings is 2. The average molecular weight is 421 g/mol. The van der Waals surface area contributed by atoms with Crippen molar-refractivity contribution < 1.29 is 23.1 Å². The van der Waals surface area contributed by atoms with Gasteiger partial charge in [0.25, 0.3) is 0 Å². The van der Waals surface area contributed by atoms with Crippen molar-refractivity contribution in [2.75, 3.05) is 18.4 Å². The van der Waals surface area contributed by atoms with Crippen LogP contribution in [0.2, 0.25) is 5.02 Å². The van der Waals surface area contributed by atoms with Crippen LogP contribution >= 0.6 is 11.6 Å². The molecule has 2 heterocycles. The minimum absolute atomic E-state index is 0.103. The minimum atomic E-state index is -3.69. The molecule has 146 valence electrons. The SMILES string of the molecule is O=C(O)c1ccc2c(c1)C1(CCN(S(=O)(=O)c3ccc(Cl)cc3)CC1)C(=O)N2. The molecule has 7 nitrogen and oxygen atoms in total. The molecule has 0 aliphatic carbocycles. The first-order chi connectivity index (χ1) is 13.2. The van der Waals surface area contributed by atoms with Crippen LogP contribution in [0.4, 0.5) is 5.69 Å². The lowest BCUT2D eigenvalue weighted by molar-refractivity contribution is -0.122. The predicted molar refractivity (Wildman–Crippen MR) is 103 cm³/mol. The molecule has 28 heavy (non-hydrogen) atoms. The van der Waals surface area contributed by atoms with E-state index in [1.54, 1.807) is 6.07 Å². The van der Waals surface area contributed by atoms with Gasteiger partial charge in [-0.05, 0) is 60.9 Å². The van der Waals surface area contributed by atoms with E-state index in [0.717, 1.165) is 0 Å². The summed E-state index contributed by atoms with van der Waals surface area (Å²) in [5.41, 5.74) is 0.406. The molecule has 1 amide bonds. The third-order valence-corrected chi connectivity index (χ3v) is 7.66. The maximum atomic E-state index is 12.9. The molecule has 2 aliphatic rings. The lowest BCUT2D eigenvalue weighted by Gasteiger charge is -2.37. The first-order valence-electron chi connectivity index (χ1n) is 8.69. The molecule has 9 heteroatoms. The summed E-state index contributed by atoms with van der Waals surface area (Å²) in [6.07, 6.45) is 0.559. The molecular formula is C19H17ClN2O5S. The van der Waals surface area contributed by atoms with Gasteiger partial charge in [0, 0.05) is 23.8 Å². The number of fused-ring (bicyclic) bond motifs is 2. The van der Waals surface area contributed by atoms with E-state index in [2.05, 4.69) is 5.32 Å². The van der Waals surface area contributed by atoms with Gasteiger partial charge in [-0.25, -0.2) is 13.2 Å². The number of rotatable bonds is 3. The highest BCUT2D eigenvalue weighted by Crippen LogP contribution is 2.46. The highest BCUT2D eigenvalue weighted by molar-refractivity contribution is 7.89. The lowest BCUT2D eigenvalue weighted by Crippen LogP contribution is -2.48. The quantitative estimate of drug-likeness (QED) is 0.794. The first-order valence-corrected chi connectivity index (χ1v) is 10.5. The number of piperidine rings is 1. The molecule has 0 radical (unpaired) electrons.